The third-order valence-electron chi connectivity index (χ3n) is 3.93. The Balaban J connectivity index is 0.00000210. The van der Waals surface area contributed by atoms with Crippen LogP contribution in [0.2, 0.25) is 0 Å². The molecule has 9 heteroatoms. The van der Waals surface area contributed by atoms with Gasteiger partial charge < -0.3 is 40.4 Å². The van der Waals surface area contributed by atoms with E-state index in [1.54, 1.807) is 0 Å². The Morgan fingerprint density at radius 2 is 1.33 bits per heavy atom. The Kier molecular flexibility index (Phi) is 11.7. The Hall–Kier alpha value is -2.67. The van der Waals surface area contributed by atoms with Crippen molar-refractivity contribution >= 4 is 28.1 Å². The number of benzene rings is 3. The number of azo groups is 1. The van der Waals surface area contributed by atoms with Gasteiger partial charge in [0.25, 0.3) is 0 Å². The SMILES string of the molecule is O.Oc1[nH]c2ccccc2c1N=NC(=Nc1ccccc1)c1ccccc1.[Cl-].[Cl-].[Cu+2]. The number of nitrogens with one attached hydrogen (secondary N) is 1. The molecule has 0 amide bonds. The summed E-state index contributed by atoms with van der Waals surface area (Å²) in [6.07, 6.45) is 0. The van der Waals surface area contributed by atoms with Crippen LogP contribution in [0.3, 0.4) is 0 Å². The summed E-state index contributed by atoms with van der Waals surface area (Å²) in [6.45, 7) is 0. The average molecular weight is 493 g/mol. The second kappa shape index (κ2) is 12.8. The predicted molar refractivity (Wildman–Crippen MR) is 107 cm³/mol. The van der Waals surface area contributed by atoms with Crippen LogP contribution in [0.15, 0.2) is 100 Å². The van der Waals surface area contributed by atoms with Crippen LogP contribution >= 0.6 is 0 Å². The molecule has 0 aliphatic rings. The molecule has 1 radical (unpaired) electrons. The van der Waals surface area contributed by atoms with Crippen LogP contribution in [-0.2, 0) is 17.1 Å². The van der Waals surface area contributed by atoms with Crippen molar-refractivity contribution in [2.45, 2.75) is 0 Å². The number of nitrogens with zero attached hydrogens (tertiary/aromatic N) is 3. The van der Waals surface area contributed by atoms with Gasteiger partial charge in [-0.2, -0.15) is 0 Å². The summed E-state index contributed by atoms with van der Waals surface area (Å²) in [4.78, 5) is 7.50. The van der Waals surface area contributed by atoms with E-state index in [1.165, 1.54) is 0 Å². The molecule has 4 aromatic rings. The number of hydrogen-bond donors (Lipinski definition) is 2. The summed E-state index contributed by atoms with van der Waals surface area (Å²) in [5.74, 6) is 0.462. The van der Waals surface area contributed by atoms with Crippen molar-refractivity contribution in [1.82, 2.24) is 4.98 Å². The number of aliphatic imine (C=N–C) groups is 1. The number of fused-ring (bicyclic) bond motifs is 1. The maximum absolute atomic E-state index is 10.2. The minimum absolute atomic E-state index is 0. The van der Waals surface area contributed by atoms with E-state index in [-0.39, 0.29) is 53.2 Å². The number of rotatable bonds is 3. The zero-order valence-electron chi connectivity index (χ0n) is 15.4. The van der Waals surface area contributed by atoms with Crippen molar-refractivity contribution in [3.05, 3.63) is 90.5 Å². The van der Waals surface area contributed by atoms with Crippen molar-refractivity contribution < 1.29 is 52.5 Å². The average Bonchev–Trinajstić information content (AvgIpc) is 3.02. The minimum atomic E-state index is -0.0120. The van der Waals surface area contributed by atoms with Crippen LogP contribution in [0.1, 0.15) is 5.56 Å². The van der Waals surface area contributed by atoms with Crippen LogP contribution < -0.4 is 24.8 Å². The van der Waals surface area contributed by atoms with Crippen molar-refractivity contribution in [3.8, 4) is 5.88 Å². The summed E-state index contributed by atoms with van der Waals surface area (Å²) >= 11 is 0. The van der Waals surface area contributed by atoms with Gasteiger partial charge in [-0.1, -0.05) is 66.7 Å². The molecule has 1 aromatic heterocycles. The summed E-state index contributed by atoms with van der Waals surface area (Å²) in [5.41, 5.74) is 2.84. The maximum atomic E-state index is 10.2. The first-order valence-electron chi connectivity index (χ1n) is 8.22. The molecule has 1 heterocycles. The molecule has 0 unspecified atom stereocenters. The van der Waals surface area contributed by atoms with Crippen LogP contribution in [0, 0.1) is 0 Å². The Bertz CT molecular complexity index is 1100. The van der Waals surface area contributed by atoms with Crippen molar-refractivity contribution in [2.75, 3.05) is 0 Å². The van der Waals surface area contributed by atoms with E-state index in [0.29, 0.717) is 11.5 Å². The molecule has 4 rings (SSSR count). The molecule has 0 saturated carbocycles. The number of para-hydroxylation sites is 2. The fourth-order valence-electron chi connectivity index (χ4n) is 2.67. The molecular formula is C21H18Cl2CuN4O2. The first-order valence-corrected chi connectivity index (χ1v) is 8.22. The third kappa shape index (κ3) is 6.16. The summed E-state index contributed by atoms with van der Waals surface area (Å²) in [6, 6.07) is 26.8. The van der Waals surface area contributed by atoms with Gasteiger partial charge in [-0.15, -0.1) is 10.2 Å². The summed E-state index contributed by atoms with van der Waals surface area (Å²) < 4.78 is 0. The Morgan fingerprint density at radius 1 is 0.767 bits per heavy atom. The van der Waals surface area contributed by atoms with Gasteiger partial charge in [0.15, 0.2) is 11.5 Å². The predicted octanol–water partition coefficient (Wildman–Crippen LogP) is -1.08. The molecule has 0 bridgehead atoms. The van der Waals surface area contributed by atoms with E-state index in [1.807, 2.05) is 84.9 Å². The standard InChI is InChI=1S/C21H16N4O.2ClH.Cu.H2O/c26-21-19(17-13-7-8-14-18(17)23-21)24-25-20(15-9-3-1-4-10-15)22-16-11-5-2-6-12-16;;;;/h1-14,23,26H;2*1H;;1H2/q;;;+2;/p-2. The minimum Gasteiger partial charge on any atom is -1.00 e. The normalized spacial score (nSPS) is 10.5. The molecule has 0 aliphatic carbocycles. The number of amidine groups is 1. The number of aromatic nitrogens is 1. The number of halogens is 2. The number of aromatic hydroxyl groups is 1. The zero-order valence-corrected chi connectivity index (χ0v) is 17.9. The van der Waals surface area contributed by atoms with E-state index in [9.17, 15) is 5.11 Å². The first kappa shape index (κ1) is 27.3. The van der Waals surface area contributed by atoms with E-state index >= 15 is 0 Å². The third-order valence-corrected chi connectivity index (χ3v) is 3.93. The summed E-state index contributed by atoms with van der Waals surface area (Å²) in [7, 11) is 0. The molecule has 4 N–H and O–H groups in total. The maximum Gasteiger partial charge on any atom is 2.00 e. The second-order valence-corrected chi connectivity index (χ2v) is 5.70. The van der Waals surface area contributed by atoms with Gasteiger partial charge in [0, 0.05) is 10.9 Å². The smallest absolute Gasteiger partial charge is 1.00 e. The van der Waals surface area contributed by atoms with Crippen LogP contribution in [0.25, 0.3) is 10.9 Å². The molecule has 0 fully saturated rings. The van der Waals surface area contributed by atoms with E-state index < -0.39 is 0 Å². The zero-order chi connectivity index (χ0) is 17.8. The van der Waals surface area contributed by atoms with E-state index in [2.05, 4.69) is 20.2 Å². The molecule has 0 spiro atoms. The Labute approximate surface area is 196 Å². The second-order valence-electron chi connectivity index (χ2n) is 5.70. The number of hydrogen-bond acceptors (Lipinski definition) is 3. The fourth-order valence-corrected chi connectivity index (χ4v) is 2.67. The quantitative estimate of drug-likeness (QED) is 0.161. The number of H-pyrrole nitrogens is 1. The molecule has 0 saturated heterocycles. The largest absolute Gasteiger partial charge is 2.00 e. The topological polar surface area (TPSA) is 105 Å². The van der Waals surface area contributed by atoms with Crippen molar-refractivity contribution in [2.24, 2.45) is 15.2 Å². The molecule has 0 atom stereocenters. The molecular weight excluding hydrogens is 475 g/mol. The molecule has 159 valence electrons. The van der Waals surface area contributed by atoms with Crippen molar-refractivity contribution in [3.63, 3.8) is 0 Å². The number of aromatic amines is 1. The van der Waals surface area contributed by atoms with E-state index in [0.717, 1.165) is 22.2 Å². The van der Waals surface area contributed by atoms with Gasteiger partial charge in [-0.25, -0.2) is 4.99 Å². The first-order chi connectivity index (χ1) is 12.8. The molecule has 3 aromatic carbocycles. The van der Waals surface area contributed by atoms with Crippen LogP contribution in [-0.4, -0.2) is 21.4 Å². The van der Waals surface area contributed by atoms with Crippen LogP contribution in [0.4, 0.5) is 11.4 Å². The van der Waals surface area contributed by atoms with Gasteiger partial charge >= 0.3 is 17.1 Å². The fraction of sp³-hybridized carbons (Fsp3) is 0. The van der Waals surface area contributed by atoms with Crippen molar-refractivity contribution in [1.29, 1.82) is 0 Å². The van der Waals surface area contributed by atoms with Gasteiger partial charge in [0.05, 0.1) is 11.2 Å². The van der Waals surface area contributed by atoms with Gasteiger partial charge in [0.2, 0.25) is 5.88 Å². The van der Waals surface area contributed by atoms with Gasteiger partial charge in [-0.3, -0.25) is 0 Å². The summed E-state index contributed by atoms with van der Waals surface area (Å²) in [5, 5.41) is 19.6. The van der Waals surface area contributed by atoms with E-state index in [4.69, 9.17) is 0 Å². The molecule has 30 heavy (non-hydrogen) atoms. The van der Waals surface area contributed by atoms with Gasteiger partial charge in [-0.05, 0) is 18.2 Å². The van der Waals surface area contributed by atoms with Gasteiger partial charge in [0.1, 0.15) is 0 Å². The molecule has 6 nitrogen and oxygen atoms in total. The monoisotopic (exact) mass is 491 g/mol. The Morgan fingerprint density at radius 3 is 2.00 bits per heavy atom. The molecule has 0 aliphatic heterocycles. The van der Waals surface area contributed by atoms with Crippen LogP contribution in [0.5, 0.6) is 5.88 Å².